The monoisotopic (exact) mass is 722 g/mol. The van der Waals surface area contributed by atoms with E-state index in [0.29, 0.717) is 18.5 Å². The molecule has 0 fully saturated rings. The van der Waals surface area contributed by atoms with Gasteiger partial charge in [0.25, 0.3) is 5.56 Å². The predicted octanol–water partition coefficient (Wildman–Crippen LogP) is 5.52. The lowest BCUT2D eigenvalue weighted by Crippen LogP contribution is -2.39. The van der Waals surface area contributed by atoms with E-state index in [1.807, 2.05) is 109 Å². The van der Waals surface area contributed by atoms with Crippen molar-refractivity contribution in [1.82, 2.24) is 19.1 Å². The molecule has 0 aromatic heterocycles. The van der Waals surface area contributed by atoms with Crippen LogP contribution in [0, 0.1) is 13.8 Å². The maximum Gasteiger partial charge on any atom is 0.488 e. The molecular formula is C39H39N4O8P. The van der Waals surface area contributed by atoms with Crippen molar-refractivity contribution in [2.45, 2.75) is 45.4 Å². The fourth-order valence-corrected chi connectivity index (χ4v) is 6.71. The van der Waals surface area contributed by atoms with Crippen LogP contribution >= 0.6 is 8.25 Å². The van der Waals surface area contributed by atoms with Crippen molar-refractivity contribution in [3.05, 3.63) is 140 Å². The Hall–Kier alpha value is -5.26. The van der Waals surface area contributed by atoms with Crippen LogP contribution in [0.2, 0.25) is 0 Å². The molecule has 13 heteroatoms. The molecule has 0 spiro atoms. The van der Waals surface area contributed by atoms with Crippen molar-refractivity contribution in [2.24, 2.45) is 0 Å². The Kier molecular flexibility index (Phi) is 11.2. The van der Waals surface area contributed by atoms with Gasteiger partial charge in [-0.25, -0.2) is 9.78 Å². The lowest BCUT2D eigenvalue weighted by atomic mass is 9.80. The van der Waals surface area contributed by atoms with E-state index >= 15 is 0 Å². The molecule has 12 nitrogen and oxygen atoms in total. The highest BCUT2D eigenvalue weighted by molar-refractivity contribution is 7.30. The second-order valence-corrected chi connectivity index (χ2v) is 13.0. The summed E-state index contributed by atoms with van der Waals surface area (Å²) in [4.78, 5) is 46.7. The van der Waals surface area contributed by atoms with Gasteiger partial charge in [0.2, 0.25) is 0 Å². The van der Waals surface area contributed by atoms with Crippen molar-refractivity contribution in [1.29, 1.82) is 0 Å². The average Bonchev–Trinajstić information content (AvgIpc) is 3.16. The van der Waals surface area contributed by atoms with Crippen LogP contribution in [0.1, 0.15) is 40.7 Å². The summed E-state index contributed by atoms with van der Waals surface area (Å²) < 4.78 is 36.2. The molecule has 0 bridgehead atoms. The zero-order valence-corrected chi connectivity index (χ0v) is 30.3. The minimum Gasteiger partial charge on any atom is -0.566 e. The van der Waals surface area contributed by atoms with E-state index in [2.05, 4.69) is 14.5 Å². The van der Waals surface area contributed by atoms with E-state index in [0.717, 1.165) is 49.4 Å². The molecule has 6 rings (SSSR count). The first kappa shape index (κ1) is 36.5. The van der Waals surface area contributed by atoms with Crippen LogP contribution in [0.4, 0.5) is 0 Å². The normalized spacial score (nSPS) is 12.0. The molecule has 2 aliphatic rings. The van der Waals surface area contributed by atoms with Crippen LogP contribution in [0.15, 0.2) is 101 Å². The molecule has 0 radical (unpaired) electrons. The zero-order chi connectivity index (χ0) is 36.8. The Balaban J connectivity index is 1.39. The largest absolute Gasteiger partial charge is 0.566 e. The number of fused-ring (bicyclic) bond motifs is 2. The Bertz CT molecular complexity index is 2230. The van der Waals surface area contributed by atoms with Crippen molar-refractivity contribution in [3.63, 3.8) is 0 Å². The maximum atomic E-state index is 13.7. The SMILES string of the molecule is COc1ccc(C(OCCCn2c3nc(=O)n(CCCO[P+](=O)[O-])c(=O)c-3nc3cc(C)c(C)cc32)(c2ccccc2)c2ccc(OC)cc2)cc1. The summed E-state index contributed by atoms with van der Waals surface area (Å²) in [7, 11) is 0.225. The lowest BCUT2D eigenvalue weighted by molar-refractivity contribution is -0.185. The Labute approximate surface area is 301 Å². The number of ether oxygens (including phenoxy) is 3. The van der Waals surface area contributed by atoms with Gasteiger partial charge in [0, 0.05) is 13.1 Å². The van der Waals surface area contributed by atoms with Gasteiger partial charge in [0.15, 0.2) is 11.5 Å². The summed E-state index contributed by atoms with van der Waals surface area (Å²) >= 11 is 0. The van der Waals surface area contributed by atoms with E-state index in [1.165, 1.54) is 0 Å². The average molecular weight is 723 g/mol. The van der Waals surface area contributed by atoms with Crippen molar-refractivity contribution in [2.75, 3.05) is 27.4 Å². The van der Waals surface area contributed by atoms with Gasteiger partial charge in [-0.2, -0.15) is 4.98 Å². The quantitative estimate of drug-likeness (QED) is 0.0575. The number of benzene rings is 4. The van der Waals surface area contributed by atoms with Crippen LogP contribution in [-0.4, -0.2) is 46.5 Å². The minimum absolute atomic E-state index is 0.0437. The van der Waals surface area contributed by atoms with Gasteiger partial charge < -0.3 is 23.7 Å². The molecule has 0 aliphatic carbocycles. The topological polar surface area (TPSA) is 147 Å². The second-order valence-electron chi connectivity index (χ2n) is 12.3. The number of aromatic nitrogens is 4. The van der Waals surface area contributed by atoms with Gasteiger partial charge in [0.05, 0.1) is 31.9 Å². The molecule has 1 atom stereocenters. The Morgan fingerprint density at radius 1 is 0.731 bits per heavy atom. The summed E-state index contributed by atoms with van der Waals surface area (Å²) in [5.41, 5.74) is 3.73. The highest BCUT2D eigenvalue weighted by atomic mass is 31.1. The van der Waals surface area contributed by atoms with Crippen molar-refractivity contribution < 1.29 is 28.2 Å². The molecule has 4 aromatic carbocycles. The van der Waals surface area contributed by atoms with Gasteiger partial charge in [-0.1, -0.05) is 54.6 Å². The molecule has 1 unspecified atom stereocenters. The third-order valence-corrected chi connectivity index (χ3v) is 9.60. The molecule has 2 aliphatic heterocycles. The molecule has 0 saturated carbocycles. The summed E-state index contributed by atoms with van der Waals surface area (Å²) in [5.74, 6) is 1.60. The zero-order valence-electron chi connectivity index (χ0n) is 29.4. The van der Waals surface area contributed by atoms with E-state index in [4.69, 9.17) is 14.2 Å². The fraction of sp³-hybridized carbons (Fsp3) is 0.282. The van der Waals surface area contributed by atoms with Crippen LogP contribution in [0.5, 0.6) is 11.5 Å². The van der Waals surface area contributed by atoms with Crippen molar-refractivity contribution >= 4 is 19.3 Å². The molecule has 0 amide bonds. The number of rotatable bonds is 15. The van der Waals surface area contributed by atoms with Crippen LogP contribution in [0.25, 0.3) is 22.6 Å². The van der Waals surface area contributed by atoms with Crippen LogP contribution in [0.3, 0.4) is 0 Å². The van der Waals surface area contributed by atoms with E-state index in [-0.39, 0.29) is 37.7 Å². The number of hydrogen-bond acceptors (Lipinski definition) is 10. The smallest absolute Gasteiger partial charge is 0.488 e. The first-order chi connectivity index (χ1) is 25.2. The first-order valence-corrected chi connectivity index (χ1v) is 17.9. The number of aryl methyl sites for hydroxylation is 3. The highest BCUT2D eigenvalue weighted by Crippen LogP contribution is 2.42. The maximum absolute atomic E-state index is 13.7. The van der Waals surface area contributed by atoms with Crippen LogP contribution < -0.4 is 25.6 Å². The molecule has 52 heavy (non-hydrogen) atoms. The minimum atomic E-state index is -3.03. The van der Waals surface area contributed by atoms with E-state index in [1.54, 1.807) is 14.2 Å². The third kappa shape index (κ3) is 7.37. The summed E-state index contributed by atoms with van der Waals surface area (Å²) in [6, 6.07) is 29.5. The number of methoxy groups -OCH3 is 2. The van der Waals surface area contributed by atoms with Gasteiger partial charge in [0.1, 0.15) is 23.7 Å². The summed E-state index contributed by atoms with van der Waals surface area (Å²) in [6.45, 7) is 4.37. The van der Waals surface area contributed by atoms with Crippen LogP contribution in [-0.2, 0) is 32.5 Å². The Morgan fingerprint density at radius 3 is 1.88 bits per heavy atom. The van der Waals surface area contributed by atoms with E-state index < -0.39 is 25.1 Å². The fourth-order valence-electron chi connectivity index (χ4n) is 6.43. The van der Waals surface area contributed by atoms with Gasteiger partial charge in [-0.15, -0.1) is 4.52 Å². The molecule has 0 N–H and O–H groups in total. The van der Waals surface area contributed by atoms with Gasteiger partial charge in [-0.3, -0.25) is 9.36 Å². The molecule has 268 valence electrons. The lowest BCUT2D eigenvalue weighted by Gasteiger charge is -2.36. The number of nitrogens with zero attached hydrogens (tertiary/aromatic N) is 4. The van der Waals surface area contributed by atoms with E-state index in [9.17, 15) is 19.0 Å². The summed E-state index contributed by atoms with van der Waals surface area (Å²) in [5, 5.41) is 0. The molecule has 4 aromatic rings. The number of hydrogen-bond donors (Lipinski definition) is 0. The second kappa shape index (κ2) is 16.0. The molecule has 0 saturated heterocycles. The molecular weight excluding hydrogens is 683 g/mol. The predicted molar refractivity (Wildman–Crippen MR) is 195 cm³/mol. The molecule has 2 heterocycles. The Morgan fingerprint density at radius 2 is 1.29 bits per heavy atom. The first-order valence-electron chi connectivity index (χ1n) is 16.8. The standard InChI is InChI=1S/C39H39N4O8P/c1-26-24-33-34(25-27(26)2)42(36-35(40-33)37(44)43(38(45)41-36)21-9-23-51-52(46)47)20-8-22-50-39(28-10-6-5-7-11-28,29-12-16-31(48-3)17-13-29)30-14-18-32(49-4)19-15-30/h5-7,10-19,24-25H,8-9,20-23H2,1-4H3. The third-order valence-electron chi connectivity index (χ3n) is 9.20. The highest BCUT2D eigenvalue weighted by Gasteiger charge is 2.38. The van der Waals surface area contributed by atoms with Crippen molar-refractivity contribution in [3.8, 4) is 23.0 Å². The van der Waals surface area contributed by atoms with Gasteiger partial charge >= 0.3 is 13.9 Å². The summed E-state index contributed by atoms with van der Waals surface area (Å²) in [6.07, 6.45) is 0.608. The van der Waals surface area contributed by atoms with Gasteiger partial charge in [-0.05, 0) is 95.5 Å².